The molecule has 3 aromatic rings. The van der Waals surface area contributed by atoms with E-state index in [9.17, 15) is 9.90 Å². The number of hydrogen-bond donors (Lipinski definition) is 1. The Balaban J connectivity index is 1.16. The lowest BCUT2D eigenvalue weighted by molar-refractivity contribution is -0.141. The summed E-state index contributed by atoms with van der Waals surface area (Å²) in [7, 11) is 0. The predicted octanol–water partition coefficient (Wildman–Crippen LogP) is 6.02. The van der Waals surface area contributed by atoms with Gasteiger partial charge in [0.25, 0.3) is 0 Å². The van der Waals surface area contributed by atoms with Crippen LogP contribution in [0.3, 0.4) is 0 Å². The van der Waals surface area contributed by atoms with Gasteiger partial charge in [0.2, 0.25) is 5.95 Å². The zero-order valence-electron chi connectivity index (χ0n) is 23.5. The van der Waals surface area contributed by atoms with E-state index in [1.165, 1.54) is 54.4 Å². The van der Waals surface area contributed by atoms with Crippen molar-refractivity contribution in [2.24, 2.45) is 5.92 Å². The average molecular weight is 541 g/mol. The largest absolute Gasteiger partial charge is 0.488 e. The molecule has 1 saturated carbocycles. The molecule has 0 unspecified atom stereocenters. The van der Waals surface area contributed by atoms with Crippen molar-refractivity contribution in [3.8, 4) is 17.0 Å². The molecular weight excluding hydrogens is 500 g/mol. The van der Waals surface area contributed by atoms with Crippen LogP contribution in [-0.4, -0.2) is 51.6 Å². The fourth-order valence-electron chi connectivity index (χ4n) is 6.80. The summed E-state index contributed by atoms with van der Waals surface area (Å²) in [6.07, 6.45) is 11.3. The number of nitrogens with zero attached hydrogens (tertiary/aromatic N) is 4. The van der Waals surface area contributed by atoms with E-state index < -0.39 is 5.97 Å². The zero-order valence-corrected chi connectivity index (χ0v) is 23.5. The van der Waals surface area contributed by atoms with Crippen molar-refractivity contribution in [2.75, 3.05) is 24.5 Å². The molecule has 210 valence electrons. The summed E-state index contributed by atoms with van der Waals surface area (Å²) < 4.78 is 6.44. The smallest absolute Gasteiger partial charge is 0.308 e. The molecule has 3 heterocycles. The molecule has 1 atom stereocenters. The van der Waals surface area contributed by atoms with E-state index >= 15 is 0 Å². The maximum Gasteiger partial charge on any atom is 0.308 e. The first-order chi connectivity index (χ1) is 19.6. The Hall–Kier alpha value is -3.45. The minimum atomic E-state index is -0.751. The molecule has 40 heavy (non-hydrogen) atoms. The first-order valence-electron chi connectivity index (χ1n) is 14.9. The van der Waals surface area contributed by atoms with E-state index in [1.807, 2.05) is 35.2 Å². The van der Waals surface area contributed by atoms with Crippen molar-refractivity contribution in [3.63, 3.8) is 0 Å². The molecule has 7 nitrogen and oxygen atoms in total. The Morgan fingerprint density at radius 1 is 1.02 bits per heavy atom. The molecule has 1 saturated heterocycles. The van der Waals surface area contributed by atoms with Gasteiger partial charge in [0.15, 0.2) is 0 Å². The Kier molecular flexibility index (Phi) is 8.00. The number of rotatable bonds is 7. The molecule has 3 aliphatic rings. The van der Waals surface area contributed by atoms with Crippen LogP contribution < -0.4 is 9.64 Å². The van der Waals surface area contributed by atoms with Crippen LogP contribution in [0.15, 0.2) is 48.7 Å². The van der Waals surface area contributed by atoms with Crippen molar-refractivity contribution < 1.29 is 14.6 Å². The third-order valence-corrected chi connectivity index (χ3v) is 9.16. The van der Waals surface area contributed by atoms with E-state index in [4.69, 9.17) is 9.72 Å². The topological polar surface area (TPSA) is 78.8 Å². The Morgan fingerprint density at radius 3 is 2.73 bits per heavy atom. The first-order valence-corrected chi connectivity index (χ1v) is 14.9. The lowest BCUT2D eigenvalue weighted by Gasteiger charge is -2.38. The maximum atomic E-state index is 11.6. The number of para-hydroxylation sites is 1. The molecule has 1 aromatic heterocycles. The van der Waals surface area contributed by atoms with Gasteiger partial charge in [0.1, 0.15) is 12.4 Å². The first kappa shape index (κ1) is 26.8. The molecule has 7 heteroatoms. The van der Waals surface area contributed by atoms with Gasteiger partial charge in [-0.15, -0.1) is 0 Å². The van der Waals surface area contributed by atoms with Crippen molar-refractivity contribution in [3.05, 3.63) is 70.9 Å². The second-order valence-corrected chi connectivity index (χ2v) is 11.6. The zero-order chi connectivity index (χ0) is 27.5. The number of aromatic nitrogens is 2. The van der Waals surface area contributed by atoms with Gasteiger partial charge in [-0.1, -0.05) is 43.5 Å². The second kappa shape index (κ2) is 12.0. The van der Waals surface area contributed by atoms with E-state index in [2.05, 4.69) is 28.9 Å². The molecule has 0 amide bonds. The molecule has 0 spiro atoms. The van der Waals surface area contributed by atoms with E-state index in [0.29, 0.717) is 25.5 Å². The minimum absolute atomic E-state index is 0.383. The summed E-state index contributed by atoms with van der Waals surface area (Å²) in [5, 5.41) is 9.49. The van der Waals surface area contributed by atoms with Gasteiger partial charge in [-0.3, -0.25) is 9.69 Å². The Labute approximate surface area is 237 Å². The number of carboxylic acid groups (broad SMARTS) is 1. The summed E-state index contributed by atoms with van der Waals surface area (Å²) in [5.41, 5.74) is 7.27. The molecular formula is C33H40N4O3. The number of ether oxygens (including phenoxy) is 1. The van der Waals surface area contributed by atoms with E-state index in [1.54, 1.807) is 6.20 Å². The lowest BCUT2D eigenvalue weighted by atomic mass is 9.88. The lowest BCUT2D eigenvalue weighted by Crippen LogP contribution is -2.40. The Morgan fingerprint density at radius 2 is 1.88 bits per heavy atom. The van der Waals surface area contributed by atoms with Gasteiger partial charge in [-0.25, -0.2) is 9.97 Å². The van der Waals surface area contributed by atoms with Crippen molar-refractivity contribution in [2.45, 2.75) is 77.5 Å². The highest BCUT2D eigenvalue weighted by atomic mass is 16.5. The summed E-state index contributed by atoms with van der Waals surface area (Å²) in [6, 6.07) is 15.2. The summed E-state index contributed by atoms with van der Waals surface area (Å²) >= 11 is 0. The highest BCUT2D eigenvalue weighted by Gasteiger charge is 2.28. The molecule has 2 aromatic carbocycles. The van der Waals surface area contributed by atoms with Gasteiger partial charge in [0.05, 0.1) is 11.6 Å². The number of anilines is 1. The molecule has 1 N–H and O–H groups in total. The van der Waals surface area contributed by atoms with Crippen LogP contribution in [0.4, 0.5) is 5.95 Å². The van der Waals surface area contributed by atoms with Gasteiger partial charge in [-0.05, 0) is 79.5 Å². The van der Waals surface area contributed by atoms with Crippen LogP contribution in [0, 0.1) is 12.8 Å². The maximum absolute atomic E-state index is 11.6. The van der Waals surface area contributed by atoms with Gasteiger partial charge in [0, 0.05) is 44.0 Å². The second-order valence-electron chi connectivity index (χ2n) is 11.6. The minimum Gasteiger partial charge on any atom is -0.488 e. The van der Waals surface area contributed by atoms with E-state index in [-0.39, 0.29) is 5.92 Å². The number of piperidine rings is 1. The van der Waals surface area contributed by atoms with Crippen molar-refractivity contribution in [1.29, 1.82) is 0 Å². The summed E-state index contributed by atoms with van der Waals surface area (Å²) in [6.45, 7) is 6.19. The average Bonchev–Trinajstić information content (AvgIpc) is 3.01. The fourth-order valence-corrected chi connectivity index (χ4v) is 6.80. The number of hydrogen-bond acceptors (Lipinski definition) is 6. The number of benzene rings is 2. The van der Waals surface area contributed by atoms with Crippen LogP contribution in [0.2, 0.25) is 0 Å². The normalized spacial score (nSPS) is 20.2. The monoisotopic (exact) mass is 540 g/mol. The predicted molar refractivity (Wildman–Crippen MR) is 157 cm³/mol. The Bertz CT molecular complexity index is 1350. The van der Waals surface area contributed by atoms with Crippen LogP contribution in [0.5, 0.6) is 5.75 Å². The molecule has 1 aliphatic carbocycles. The summed E-state index contributed by atoms with van der Waals surface area (Å²) in [4.78, 5) is 25.6. The van der Waals surface area contributed by atoms with E-state index in [0.717, 1.165) is 55.5 Å². The fraction of sp³-hybridized carbons (Fsp3) is 0.485. The molecule has 2 aliphatic heterocycles. The molecule has 2 fully saturated rings. The van der Waals surface area contributed by atoms with Gasteiger partial charge < -0.3 is 14.7 Å². The molecule has 6 rings (SSSR count). The molecule has 0 bridgehead atoms. The van der Waals surface area contributed by atoms with Crippen LogP contribution >= 0.6 is 0 Å². The van der Waals surface area contributed by atoms with Crippen LogP contribution in [-0.2, 0) is 24.4 Å². The highest BCUT2D eigenvalue weighted by Crippen LogP contribution is 2.33. The SMILES string of the molecule is Cc1c(COc2ccccc2-c2ccnc(N3CCC[C@H](C(=O)O)C3)n2)ccc2c1CCN(C1CCCCC1)C2. The third kappa shape index (κ3) is 5.71. The number of aliphatic carboxylic acids is 1. The third-order valence-electron chi connectivity index (χ3n) is 9.16. The quantitative estimate of drug-likeness (QED) is 0.392. The number of fused-ring (bicyclic) bond motifs is 1. The number of carboxylic acids is 1. The van der Waals surface area contributed by atoms with Gasteiger partial charge in [-0.2, -0.15) is 0 Å². The standard InChI is InChI=1S/C33H40N4O3/c1-23-26(14-13-24-20-36(19-16-28(23)24)27-9-3-2-4-10-27)22-40-31-12-6-5-11-29(31)30-15-17-34-33(35-30)37-18-7-8-25(21-37)32(38)39/h5-6,11-15,17,25,27H,2-4,7-10,16,18-22H2,1H3,(H,38,39)/t25-/m0/s1. The highest BCUT2D eigenvalue weighted by molar-refractivity contribution is 5.71. The van der Waals surface area contributed by atoms with Crippen LogP contribution in [0.25, 0.3) is 11.3 Å². The number of carbonyl (C=O) groups is 1. The summed E-state index contributed by atoms with van der Waals surface area (Å²) in [5.74, 6) is 0.228. The van der Waals surface area contributed by atoms with Crippen molar-refractivity contribution in [1.82, 2.24) is 14.9 Å². The molecule has 0 radical (unpaired) electrons. The van der Waals surface area contributed by atoms with Gasteiger partial charge >= 0.3 is 5.97 Å². The van der Waals surface area contributed by atoms with Crippen LogP contribution in [0.1, 0.15) is 67.2 Å². The van der Waals surface area contributed by atoms with Crippen molar-refractivity contribution >= 4 is 11.9 Å².